The molecule has 1 unspecified atom stereocenters. The van der Waals surface area contributed by atoms with E-state index in [0.29, 0.717) is 25.4 Å². The van der Waals surface area contributed by atoms with Crippen LogP contribution in [0, 0.1) is 0 Å². The van der Waals surface area contributed by atoms with Crippen LogP contribution < -0.4 is 5.32 Å². The SMILES string of the molecule is CNC1CCN(CCN2C(=O)CCC2=O)C1. The molecule has 0 bridgehead atoms. The van der Waals surface area contributed by atoms with E-state index in [-0.39, 0.29) is 11.8 Å². The molecule has 0 aromatic heterocycles. The molecule has 90 valence electrons. The Morgan fingerprint density at radius 2 is 1.94 bits per heavy atom. The molecule has 5 nitrogen and oxygen atoms in total. The molecule has 5 heteroatoms. The Bertz CT molecular complexity index is 277. The molecule has 1 N–H and O–H groups in total. The van der Waals surface area contributed by atoms with Gasteiger partial charge in [-0.2, -0.15) is 0 Å². The number of hydrogen-bond acceptors (Lipinski definition) is 4. The average molecular weight is 225 g/mol. The largest absolute Gasteiger partial charge is 0.316 e. The zero-order chi connectivity index (χ0) is 11.5. The van der Waals surface area contributed by atoms with Crippen molar-refractivity contribution in [3.05, 3.63) is 0 Å². The van der Waals surface area contributed by atoms with E-state index >= 15 is 0 Å². The third-order valence-corrected chi connectivity index (χ3v) is 3.48. The average Bonchev–Trinajstić information content (AvgIpc) is 2.85. The second-order valence-electron chi connectivity index (χ2n) is 4.51. The van der Waals surface area contributed by atoms with Crippen molar-refractivity contribution in [2.75, 3.05) is 33.2 Å². The summed E-state index contributed by atoms with van der Waals surface area (Å²) in [6.07, 6.45) is 1.95. The van der Waals surface area contributed by atoms with E-state index in [1.54, 1.807) is 0 Å². The number of hydrogen-bond donors (Lipinski definition) is 1. The number of nitrogens with one attached hydrogen (secondary N) is 1. The van der Waals surface area contributed by atoms with Crippen molar-refractivity contribution in [3.8, 4) is 0 Å². The van der Waals surface area contributed by atoms with Crippen molar-refractivity contribution in [1.82, 2.24) is 15.1 Å². The van der Waals surface area contributed by atoms with Gasteiger partial charge in [-0.25, -0.2) is 0 Å². The Morgan fingerprint density at radius 3 is 2.50 bits per heavy atom. The Labute approximate surface area is 95.8 Å². The maximum atomic E-state index is 11.4. The van der Waals surface area contributed by atoms with Gasteiger partial charge in [-0.1, -0.05) is 0 Å². The lowest BCUT2D eigenvalue weighted by molar-refractivity contribution is -0.138. The first kappa shape index (κ1) is 11.5. The summed E-state index contributed by atoms with van der Waals surface area (Å²) in [6.45, 7) is 3.46. The highest BCUT2D eigenvalue weighted by Gasteiger charge is 2.29. The maximum absolute atomic E-state index is 11.4. The molecule has 0 saturated carbocycles. The summed E-state index contributed by atoms with van der Waals surface area (Å²) in [7, 11) is 1.97. The normalized spacial score (nSPS) is 27.1. The van der Waals surface area contributed by atoms with E-state index in [9.17, 15) is 9.59 Å². The van der Waals surface area contributed by atoms with Crippen LogP contribution in [-0.4, -0.2) is 60.9 Å². The molecule has 0 spiro atoms. The highest BCUT2D eigenvalue weighted by molar-refractivity contribution is 6.01. The molecule has 0 aromatic carbocycles. The zero-order valence-electron chi connectivity index (χ0n) is 9.74. The first-order valence-corrected chi connectivity index (χ1v) is 5.93. The number of rotatable bonds is 4. The summed E-state index contributed by atoms with van der Waals surface area (Å²) in [5.41, 5.74) is 0. The van der Waals surface area contributed by atoms with Gasteiger partial charge in [-0.05, 0) is 20.0 Å². The summed E-state index contributed by atoms with van der Waals surface area (Å²) in [5.74, 6) is -0.0104. The van der Waals surface area contributed by atoms with Crippen molar-refractivity contribution in [1.29, 1.82) is 0 Å². The number of carbonyl (C=O) groups is 2. The number of imide groups is 1. The van der Waals surface area contributed by atoms with Crippen LogP contribution in [0.4, 0.5) is 0 Å². The molecule has 16 heavy (non-hydrogen) atoms. The van der Waals surface area contributed by atoms with Crippen LogP contribution in [-0.2, 0) is 9.59 Å². The highest BCUT2D eigenvalue weighted by atomic mass is 16.2. The standard InChI is InChI=1S/C11H19N3O2/c1-12-9-4-5-13(8-9)6-7-14-10(15)2-3-11(14)16/h9,12H,2-8H2,1H3. The topological polar surface area (TPSA) is 52.6 Å². The van der Waals surface area contributed by atoms with Crippen molar-refractivity contribution in [2.45, 2.75) is 25.3 Å². The van der Waals surface area contributed by atoms with Crippen LogP contribution in [0.25, 0.3) is 0 Å². The lowest BCUT2D eigenvalue weighted by atomic mass is 10.3. The monoisotopic (exact) mass is 225 g/mol. The van der Waals surface area contributed by atoms with Gasteiger partial charge in [0.15, 0.2) is 0 Å². The number of amides is 2. The van der Waals surface area contributed by atoms with E-state index in [1.165, 1.54) is 4.90 Å². The van der Waals surface area contributed by atoms with E-state index in [1.807, 2.05) is 7.05 Å². The highest BCUT2D eigenvalue weighted by Crippen LogP contribution is 2.13. The van der Waals surface area contributed by atoms with Crippen molar-refractivity contribution in [3.63, 3.8) is 0 Å². The summed E-state index contributed by atoms with van der Waals surface area (Å²) >= 11 is 0. The Kier molecular flexibility index (Phi) is 3.56. The number of nitrogens with zero attached hydrogens (tertiary/aromatic N) is 2. The smallest absolute Gasteiger partial charge is 0.229 e. The fourth-order valence-corrected chi connectivity index (χ4v) is 2.39. The molecule has 2 aliphatic heterocycles. The van der Waals surface area contributed by atoms with Crippen LogP contribution in [0.15, 0.2) is 0 Å². The summed E-state index contributed by atoms with van der Waals surface area (Å²) in [5, 5.41) is 3.25. The van der Waals surface area contributed by atoms with E-state index in [2.05, 4.69) is 10.2 Å². The zero-order valence-corrected chi connectivity index (χ0v) is 9.74. The Balaban J connectivity index is 1.75. The molecule has 2 heterocycles. The van der Waals surface area contributed by atoms with Gasteiger partial charge in [0.1, 0.15) is 0 Å². The lowest BCUT2D eigenvalue weighted by Crippen LogP contribution is -2.38. The minimum absolute atomic E-state index is 0.00522. The van der Waals surface area contributed by atoms with Gasteiger partial charge in [0.25, 0.3) is 0 Å². The van der Waals surface area contributed by atoms with Crippen molar-refractivity contribution < 1.29 is 9.59 Å². The van der Waals surface area contributed by atoms with Gasteiger partial charge in [-0.15, -0.1) is 0 Å². The molecule has 0 aromatic rings. The molecule has 2 amide bonds. The summed E-state index contributed by atoms with van der Waals surface area (Å²) in [6, 6.07) is 0.560. The summed E-state index contributed by atoms with van der Waals surface area (Å²) in [4.78, 5) is 26.5. The van der Waals surface area contributed by atoms with Gasteiger partial charge in [0.2, 0.25) is 11.8 Å². The van der Waals surface area contributed by atoms with Gasteiger partial charge in [0, 0.05) is 38.5 Å². The number of carbonyl (C=O) groups excluding carboxylic acids is 2. The van der Waals surface area contributed by atoms with Crippen LogP contribution in [0.5, 0.6) is 0 Å². The molecule has 2 saturated heterocycles. The Morgan fingerprint density at radius 1 is 1.25 bits per heavy atom. The molecular formula is C11H19N3O2. The minimum Gasteiger partial charge on any atom is -0.316 e. The fraction of sp³-hybridized carbons (Fsp3) is 0.818. The minimum atomic E-state index is -0.00522. The lowest BCUT2D eigenvalue weighted by Gasteiger charge is -2.20. The van der Waals surface area contributed by atoms with Crippen molar-refractivity contribution >= 4 is 11.8 Å². The number of likely N-dealkylation sites (tertiary alicyclic amines) is 2. The first-order chi connectivity index (χ1) is 7.70. The van der Waals surface area contributed by atoms with Gasteiger partial charge >= 0.3 is 0 Å². The predicted octanol–water partition coefficient (Wildman–Crippen LogP) is -0.571. The van der Waals surface area contributed by atoms with Crippen LogP contribution in [0.2, 0.25) is 0 Å². The molecule has 0 radical (unpaired) electrons. The van der Waals surface area contributed by atoms with E-state index in [0.717, 1.165) is 26.1 Å². The second kappa shape index (κ2) is 4.93. The maximum Gasteiger partial charge on any atom is 0.229 e. The molecule has 1 atom stereocenters. The third kappa shape index (κ3) is 2.41. The summed E-state index contributed by atoms with van der Waals surface area (Å²) < 4.78 is 0. The van der Waals surface area contributed by atoms with Gasteiger partial charge < -0.3 is 5.32 Å². The molecule has 2 aliphatic rings. The van der Waals surface area contributed by atoms with E-state index in [4.69, 9.17) is 0 Å². The van der Waals surface area contributed by atoms with Crippen molar-refractivity contribution in [2.24, 2.45) is 0 Å². The quantitative estimate of drug-likeness (QED) is 0.651. The molecule has 2 fully saturated rings. The van der Waals surface area contributed by atoms with Gasteiger partial charge in [0.05, 0.1) is 0 Å². The molecule has 0 aliphatic carbocycles. The third-order valence-electron chi connectivity index (χ3n) is 3.48. The fourth-order valence-electron chi connectivity index (χ4n) is 2.39. The Hall–Kier alpha value is -0.940. The number of likely N-dealkylation sites (N-methyl/N-ethyl adjacent to an activating group) is 1. The van der Waals surface area contributed by atoms with Crippen LogP contribution in [0.1, 0.15) is 19.3 Å². The molecular weight excluding hydrogens is 206 g/mol. The van der Waals surface area contributed by atoms with Crippen LogP contribution in [0.3, 0.4) is 0 Å². The molecule has 2 rings (SSSR count). The van der Waals surface area contributed by atoms with E-state index < -0.39 is 0 Å². The second-order valence-corrected chi connectivity index (χ2v) is 4.51. The predicted molar refractivity (Wildman–Crippen MR) is 59.9 cm³/mol. The van der Waals surface area contributed by atoms with Crippen LogP contribution >= 0.6 is 0 Å². The first-order valence-electron chi connectivity index (χ1n) is 5.93. The van der Waals surface area contributed by atoms with Gasteiger partial charge in [-0.3, -0.25) is 19.4 Å².